The maximum Gasteiger partial charge on any atom is 0.227 e. The van der Waals surface area contributed by atoms with Crippen molar-refractivity contribution < 1.29 is 14.3 Å². The molecule has 1 N–H and O–H groups in total. The third-order valence-corrected chi connectivity index (χ3v) is 5.30. The van der Waals surface area contributed by atoms with Crippen molar-refractivity contribution in [3.63, 3.8) is 0 Å². The van der Waals surface area contributed by atoms with E-state index in [2.05, 4.69) is 10.3 Å². The topological polar surface area (TPSA) is 60.5 Å². The molecule has 1 aromatic heterocycles. The third kappa shape index (κ3) is 4.35. The highest BCUT2D eigenvalue weighted by Crippen LogP contribution is 2.31. The van der Waals surface area contributed by atoms with Crippen molar-refractivity contribution in [1.82, 2.24) is 10.3 Å². The molecule has 29 heavy (non-hydrogen) atoms. The molecule has 0 saturated heterocycles. The second-order valence-electron chi connectivity index (χ2n) is 6.97. The van der Waals surface area contributed by atoms with Gasteiger partial charge in [-0.05, 0) is 59.5 Å². The standard InChI is InChI=1S/C23H21ClN2O3/c1-28-20-8-9-21-17(12-20)11-18(14-29-21)23(27)26-22(16-3-2-10-25-13-16)15-4-6-19(24)7-5-15/h2-10,12-13,18,22H,11,14H2,1H3,(H,26,27)/t18-,22-/m1/s1. The van der Waals surface area contributed by atoms with Gasteiger partial charge >= 0.3 is 0 Å². The molecular formula is C23H21ClN2O3. The Morgan fingerprint density at radius 1 is 1.21 bits per heavy atom. The Morgan fingerprint density at radius 2 is 2.03 bits per heavy atom. The first-order valence-electron chi connectivity index (χ1n) is 9.39. The van der Waals surface area contributed by atoms with Crippen LogP contribution in [0.4, 0.5) is 0 Å². The molecule has 6 heteroatoms. The number of halogens is 1. The summed E-state index contributed by atoms with van der Waals surface area (Å²) >= 11 is 6.04. The van der Waals surface area contributed by atoms with Gasteiger partial charge in [0, 0.05) is 17.4 Å². The van der Waals surface area contributed by atoms with Crippen molar-refractivity contribution >= 4 is 17.5 Å². The fraction of sp³-hybridized carbons (Fsp3) is 0.217. The van der Waals surface area contributed by atoms with E-state index in [0.717, 1.165) is 28.2 Å². The summed E-state index contributed by atoms with van der Waals surface area (Å²) in [5.74, 6) is 1.20. The van der Waals surface area contributed by atoms with Crippen molar-refractivity contribution in [2.24, 2.45) is 5.92 Å². The molecule has 3 aromatic rings. The molecule has 1 amide bonds. The normalized spacial score (nSPS) is 16.3. The summed E-state index contributed by atoms with van der Waals surface area (Å²) in [6.07, 6.45) is 4.07. The number of nitrogens with zero attached hydrogens (tertiary/aromatic N) is 1. The Hall–Kier alpha value is -3.05. The first-order chi connectivity index (χ1) is 14.1. The molecule has 5 nitrogen and oxygen atoms in total. The summed E-state index contributed by atoms with van der Waals surface area (Å²) in [6.45, 7) is 0.339. The van der Waals surface area contributed by atoms with Gasteiger partial charge in [0.25, 0.3) is 0 Å². The van der Waals surface area contributed by atoms with Crippen LogP contribution < -0.4 is 14.8 Å². The van der Waals surface area contributed by atoms with E-state index >= 15 is 0 Å². The zero-order valence-electron chi connectivity index (χ0n) is 16.0. The second-order valence-corrected chi connectivity index (χ2v) is 7.40. The quantitative estimate of drug-likeness (QED) is 0.687. The number of nitrogens with one attached hydrogen (secondary N) is 1. The number of hydrogen-bond acceptors (Lipinski definition) is 4. The van der Waals surface area contributed by atoms with E-state index in [1.54, 1.807) is 19.5 Å². The van der Waals surface area contributed by atoms with Crippen LogP contribution in [0.5, 0.6) is 11.5 Å². The van der Waals surface area contributed by atoms with Gasteiger partial charge in [-0.3, -0.25) is 9.78 Å². The Balaban J connectivity index is 1.56. The number of pyridine rings is 1. The van der Waals surface area contributed by atoms with Gasteiger partial charge in [0.15, 0.2) is 0 Å². The SMILES string of the molecule is COc1ccc2c(c1)C[C@@H](C(=O)N[C@H](c1ccc(Cl)cc1)c1cccnc1)CO2. The van der Waals surface area contributed by atoms with Crippen LogP contribution in [0.2, 0.25) is 5.02 Å². The first-order valence-corrected chi connectivity index (χ1v) is 9.77. The lowest BCUT2D eigenvalue weighted by molar-refractivity contribution is -0.126. The minimum atomic E-state index is -0.319. The highest BCUT2D eigenvalue weighted by Gasteiger charge is 2.28. The maximum atomic E-state index is 13.1. The summed E-state index contributed by atoms with van der Waals surface area (Å²) in [7, 11) is 1.63. The fourth-order valence-electron chi connectivity index (χ4n) is 3.49. The van der Waals surface area contributed by atoms with E-state index in [1.165, 1.54) is 0 Å². The van der Waals surface area contributed by atoms with Crippen molar-refractivity contribution in [1.29, 1.82) is 0 Å². The Morgan fingerprint density at radius 3 is 2.76 bits per heavy atom. The van der Waals surface area contributed by atoms with E-state index in [4.69, 9.17) is 21.1 Å². The molecule has 0 radical (unpaired) electrons. The molecular weight excluding hydrogens is 388 g/mol. The van der Waals surface area contributed by atoms with Crippen LogP contribution in [0.3, 0.4) is 0 Å². The van der Waals surface area contributed by atoms with Gasteiger partial charge in [0.1, 0.15) is 18.1 Å². The molecule has 4 rings (SSSR count). The van der Waals surface area contributed by atoms with Crippen molar-refractivity contribution in [2.75, 3.05) is 13.7 Å². The van der Waals surface area contributed by atoms with E-state index in [9.17, 15) is 4.79 Å². The molecule has 1 aliphatic rings. The Bertz CT molecular complexity index is 993. The number of amides is 1. The zero-order chi connectivity index (χ0) is 20.2. The minimum Gasteiger partial charge on any atom is -0.497 e. The predicted molar refractivity (Wildman–Crippen MR) is 111 cm³/mol. The number of hydrogen-bond donors (Lipinski definition) is 1. The third-order valence-electron chi connectivity index (χ3n) is 5.05. The smallest absolute Gasteiger partial charge is 0.227 e. The monoisotopic (exact) mass is 408 g/mol. The van der Waals surface area contributed by atoms with Crippen molar-refractivity contribution in [2.45, 2.75) is 12.5 Å². The zero-order valence-corrected chi connectivity index (χ0v) is 16.7. The van der Waals surface area contributed by atoms with Crippen LogP contribution in [-0.4, -0.2) is 24.6 Å². The number of carbonyl (C=O) groups is 1. The van der Waals surface area contributed by atoms with E-state index in [-0.39, 0.29) is 17.9 Å². The first kappa shape index (κ1) is 19.3. The van der Waals surface area contributed by atoms with Gasteiger partial charge in [0.2, 0.25) is 5.91 Å². The van der Waals surface area contributed by atoms with Crippen molar-refractivity contribution in [3.05, 3.63) is 88.7 Å². The lowest BCUT2D eigenvalue weighted by Gasteiger charge is -2.27. The van der Waals surface area contributed by atoms with Crippen LogP contribution in [-0.2, 0) is 11.2 Å². The molecule has 0 bridgehead atoms. The lowest BCUT2D eigenvalue weighted by atomic mass is 9.94. The van der Waals surface area contributed by atoms with Crippen LogP contribution >= 0.6 is 11.6 Å². The summed E-state index contributed by atoms with van der Waals surface area (Å²) in [5.41, 5.74) is 2.82. The number of methoxy groups -OCH3 is 1. The summed E-state index contributed by atoms with van der Waals surface area (Å²) < 4.78 is 11.1. The molecule has 0 fully saturated rings. The van der Waals surface area contributed by atoms with Crippen molar-refractivity contribution in [3.8, 4) is 11.5 Å². The van der Waals surface area contributed by atoms with Gasteiger partial charge in [-0.15, -0.1) is 0 Å². The lowest BCUT2D eigenvalue weighted by Crippen LogP contribution is -2.39. The molecule has 0 unspecified atom stereocenters. The summed E-state index contributed by atoms with van der Waals surface area (Å²) in [6, 6.07) is 16.6. The van der Waals surface area contributed by atoms with Gasteiger partial charge in [-0.1, -0.05) is 29.8 Å². The number of carbonyl (C=O) groups excluding carboxylic acids is 1. The molecule has 0 saturated carbocycles. The molecule has 2 aromatic carbocycles. The summed E-state index contributed by atoms with van der Waals surface area (Å²) in [5, 5.41) is 3.81. The maximum absolute atomic E-state index is 13.1. The van der Waals surface area contributed by atoms with Crippen LogP contribution in [0.1, 0.15) is 22.7 Å². The molecule has 1 aliphatic heterocycles. The van der Waals surface area contributed by atoms with Gasteiger partial charge in [0.05, 0.1) is 19.1 Å². The number of ether oxygens (including phenoxy) is 2. The van der Waals surface area contributed by atoms with Gasteiger partial charge in [-0.2, -0.15) is 0 Å². The largest absolute Gasteiger partial charge is 0.497 e. The van der Waals surface area contributed by atoms with Crippen LogP contribution in [0.25, 0.3) is 0 Å². The summed E-state index contributed by atoms with van der Waals surface area (Å²) in [4.78, 5) is 17.3. The second kappa shape index (κ2) is 8.53. The van der Waals surface area contributed by atoms with Gasteiger partial charge < -0.3 is 14.8 Å². The number of fused-ring (bicyclic) bond motifs is 1. The fourth-order valence-corrected chi connectivity index (χ4v) is 3.61. The van der Waals surface area contributed by atoms with E-state index < -0.39 is 0 Å². The molecule has 148 valence electrons. The van der Waals surface area contributed by atoms with Gasteiger partial charge in [-0.25, -0.2) is 0 Å². The number of benzene rings is 2. The average molecular weight is 409 g/mol. The number of aromatic nitrogens is 1. The van der Waals surface area contributed by atoms with Crippen LogP contribution in [0.15, 0.2) is 67.0 Å². The molecule has 2 heterocycles. The molecule has 2 atom stereocenters. The number of rotatable bonds is 5. The van der Waals surface area contributed by atoms with E-state index in [1.807, 2.05) is 54.6 Å². The molecule has 0 spiro atoms. The Labute approximate surface area is 174 Å². The highest BCUT2D eigenvalue weighted by molar-refractivity contribution is 6.30. The Kier molecular flexibility index (Phi) is 5.67. The van der Waals surface area contributed by atoms with Crippen LogP contribution in [0, 0.1) is 5.92 Å². The van der Waals surface area contributed by atoms with E-state index in [0.29, 0.717) is 18.1 Å². The predicted octanol–water partition coefficient (Wildman–Crippen LogP) is 4.20. The highest BCUT2D eigenvalue weighted by atomic mass is 35.5. The molecule has 0 aliphatic carbocycles. The average Bonchev–Trinajstić information content (AvgIpc) is 2.77. The minimum absolute atomic E-state index is 0.0673.